The Bertz CT molecular complexity index is 355. The van der Waals surface area contributed by atoms with Crippen LogP contribution in [0, 0.1) is 5.92 Å². The van der Waals surface area contributed by atoms with Crippen LogP contribution >= 0.6 is 0 Å². The van der Waals surface area contributed by atoms with Crippen molar-refractivity contribution in [1.82, 2.24) is 10.3 Å². The minimum atomic E-state index is -0.164. The van der Waals surface area contributed by atoms with E-state index in [0.29, 0.717) is 0 Å². The third-order valence-corrected chi connectivity index (χ3v) is 2.79. The van der Waals surface area contributed by atoms with Crippen LogP contribution in [0.15, 0.2) is 24.4 Å². The lowest BCUT2D eigenvalue weighted by molar-refractivity contribution is -0.125. The van der Waals surface area contributed by atoms with Crippen molar-refractivity contribution in [3.05, 3.63) is 30.1 Å². The maximum Gasteiger partial charge on any atom is 0.223 e. The number of carbonyl (C=O) groups excluding carboxylic acids is 1. The molecule has 1 aliphatic rings. The average molecular weight is 204 g/mol. The van der Waals surface area contributed by atoms with Crippen LogP contribution < -0.4 is 5.32 Å². The molecule has 15 heavy (non-hydrogen) atoms. The van der Waals surface area contributed by atoms with E-state index in [-0.39, 0.29) is 17.4 Å². The van der Waals surface area contributed by atoms with E-state index in [1.54, 1.807) is 6.20 Å². The Morgan fingerprint density at radius 2 is 2.20 bits per heavy atom. The Balaban J connectivity index is 2.12. The summed E-state index contributed by atoms with van der Waals surface area (Å²) in [6.45, 7) is 3.81. The number of nitrogens with zero attached hydrogens (tertiary/aromatic N) is 1. The lowest BCUT2D eigenvalue weighted by atomic mass is 10.1. The topological polar surface area (TPSA) is 42.0 Å². The van der Waals surface area contributed by atoms with Crippen LogP contribution in [0.4, 0.5) is 0 Å². The van der Waals surface area contributed by atoms with Crippen molar-refractivity contribution in [2.75, 3.05) is 0 Å². The quantitative estimate of drug-likeness (QED) is 0.816. The first-order valence-electron chi connectivity index (χ1n) is 5.38. The molecular weight excluding hydrogens is 188 g/mol. The molecule has 1 amide bonds. The summed E-state index contributed by atoms with van der Waals surface area (Å²) in [6.07, 6.45) is 3.78. The summed E-state index contributed by atoms with van der Waals surface area (Å²) in [5.74, 6) is 0.143. The van der Waals surface area contributed by atoms with Crippen LogP contribution in [0.5, 0.6) is 0 Å². The van der Waals surface area contributed by atoms with Gasteiger partial charge in [-0.2, -0.15) is 0 Å². The molecule has 3 nitrogen and oxygen atoms in total. The molecule has 0 saturated heterocycles. The highest BCUT2D eigenvalue weighted by Crippen LogP contribution is 2.44. The van der Waals surface area contributed by atoms with E-state index >= 15 is 0 Å². The predicted octanol–water partition coefficient (Wildman–Crippen LogP) is 1.84. The van der Waals surface area contributed by atoms with Gasteiger partial charge in [-0.25, -0.2) is 0 Å². The number of amides is 1. The fraction of sp³-hybridized carbons (Fsp3) is 0.500. The number of pyridine rings is 1. The largest absolute Gasteiger partial charge is 0.345 e. The molecule has 1 N–H and O–H groups in total. The van der Waals surface area contributed by atoms with Gasteiger partial charge >= 0.3 is 0 Å². The number of aromatic nitrogens is 1. The van der Waals surface area contributed by atoms with E-state index in [0.717, 1.165) is 18.5 Å². The molecule has 2 rings (SSSR count). The van der Waals surface area contributed by atoms with Gasteiger partial charge < -0.3 is 5.32 Å². The molecule has 1 fully saturated rings. The van der Waals surface area contributed by atoms with Gasteiger partial charge in [0.05, 0.1) is 11.2 Å². The number of nitrogens with one attached hydrogen (secondary N) is 1. The third kappa shape index (κ3) is 2.01. The number of hydrogen-bond acceptors (Lipinski definition) is 2. The Morgan fingerprint density at radius 3 is 2.67 bits per heavy atom. The second-order valence-electron chi connectivity index (χ2n) is 4.44. The van der Waals surface area contributed by atoms with Crippen LogP contribution in [0.25, 0.3) is 0 Å². The van der Waals surface area contributed by atoms with Gasteiger partial charge in [-0.15, -0.1) is 0 Å². The molecule has 1 saturated carbocycles. The smallest absolute Gasteiger partial charge is 0.223 e. The van der Waals surface area contributed by atoms with Gasteiger partial charge in [0.25, 0.3) is 0 Å². The van der Waals surface area contributed by atoms with Crippen molar-refractivity contribution >= 4 is 5.91 Å². The van der Waals surface area contributed by atoms with E-state index in [2.05, 4.69) is 10.3 Å². The van der Waals surface area contributed by atoms with Crippen LogP contribution in [-0.4, -0.2) is 10.9 Å². The zero-order valence-electron chi connectivity index (χ0n) is 9.16. The SMILES string of the molecule is CC(C)C(=O)NC1(c2ccccn2)CC1. The second kappa shape index (κ2) is 3.65. The van der Waals surface area contributed by atoms with E-state index in [9.17, 15) is 4.79 Å². The summed E-state index contributed by atoms with van der Waals surface area (Å²) in [5, 5.41) is 3.08. The van der Waals surface area contributed by atoms with Crippen LogP contribution in [0.3, 0.4) is 0 Å². The molecule has 1 aromatic rings. The monoisotopic (exact) mass is 204 g/mol. The van der Waals surface area contributed by atoms with Crippen molar-refractivity contribution in [2.45, 2.75) is 32.2 Å². The minimum absolute atomic E-state index is 0.0335. The fourth-order valence-electron chi connectivity index (χ4n) is 1.60. The standard InChI is InChI=1S/C12H16N2O/c1-9(2)11(15)14-12(6-7-12)10-5-3-4-8-13-10/h3-5,8-9H,6-7H2,1-2H3,(H,14,15). The third-order valence-electron chi connectivity index (χ3n) is 2.79. The Labute approximate surface area is 89.9 Å². The van der Waals surface area contributed by atoms with Gasteiger partial charge in [0.1, 0.15) is 0 Å². The summed E-state index contributed by atoms with van der Waals surface area (Å²) >= 11 is 0. The molecule has 80 valence electrons. The van der Waals surface area contributed by atoms with E-state index in [4.69, 9.17) is 0 Å². The van der Waals surface area contributed by atoms with Crippen LogP contribution in [-0.2, 0) is 10.3 Å². The van der Waals surface area contributed by atoms with Gasteiger partial charge in [-0.05, 0) is 25.0 Å². The zero-order chi connectivity index (χ0) is 10.9. The van der Waals surface area contributed by atoms with Gasteiger partial charge in [-0.1, -0.05) is 19.9 Å². The Morgan fingerprint density at radius 1 is 1.47 bits per heavy atom. The molecule has 0 aromatic carbocycles. The summed E-state index contributed by atoms with van der Waals surface area (Å²) < 4.78 is 0. The molecule has 0 bridgehead atoms. The van der Waals surface area contributed by atoms with E-state index < -0.39 is 0 Å². The molecule has 1 aromatic heterocycles. The summed E-state index contributed by atoms with van der Waals surface area (Å²) in [6, 6.07) is 5.83. The summed E-state index contributed by atoms with van der Waals surface area (Å²) in [7, 11) is 0. The van der Waals surface area contributed by atoms with E-state index in [1.807, 2.05) is 32.0 Å². The molecule has 1 heterocycles. The van der Waals surface area contributed by atoms with Crippen LogP contribution in [0.2, 0.25) is 0 Å². The van der Waals surface area contributed by atoms with Gasteiger partial charge in [-0.3, -0.25) is 9.78 Å². The first-order chi connectivity index (χ1) is 7.14. The maximum atomic E-state index is 11.6. The van der Waals surface area contributed by atoms with Crippen molar-refractivity contribution in [3.63, 3.8) is 0 Å². The highest BCUT2D eigenvalue weighted by Gasteiger charge is 2.47. The molecule has 0 radical (unpaired) electrons. The molecule has 0 aliphatic heterocycles. The molecule has 0 spiro atoms. The zero-order valence-corrected chi connectivity index (χ0v) is 9.16. The lowest BCUT2D eigenvalue weighted by Gasteiger charge is -2.18. The van der Waals surface area contributed by atoms with Crippen molar-refractivity contribution in [1.29, 1.82) is 0 Å². The fourth-order valence-corrected chi connectivity index (χ4v) is 1.60. The van der Waals surface area contributed by atoms with E-state index in [1.165, 1.54) is 0 Å². The molecule has 1 aliphatic carbocycles. The number of hydrogen-bond donors (Lipinski definition) is 1. The molecule has 0 atom stereocenters. The summed E-state index contributed by atoms with van der Waals surface area (Å²) in [5.41, 5.74) is 0.821. The van der Waals surface area contributed by atoms with Crippen molar-refractivity contribution in [3.8, 4) is 0 Å². The first kappa shape index (κ1) is 10.1. The normalized spacial score (nSPS) is 17.5. The van der Waals surface area contributed by atoms with Crippen LogP contribution in [0.1, 0.15) is 32.4 Å². The Kier molecular flexibility index (Phi) is 2.47. The Hall–Kier alpha value is -1.38. The van der Waals surface area contributed by atoms with Gasteiger partial charge in [0, 0.05) is 12.1 Å². The number of carbonyl (C=O) groups is 1. The molecule has 0 unspecified atom stereocenters. The highest BCUT2D eigenvalue weighted by atomic mass is 16.2. The maximum absolute atomic E-state index is 11.6. The average Bonchev–Trinajstić information content (AvgIpc) is 3.00. The lowest BCUT2D eigenvalue weighted by Crippen LogP contribution is -2.37. The second-order valence-corrected chi connectivity index (χ2v) is 4.44. The summed E-state index contributed by atoms with van der Waals surface area (Å²) in [4.78, 5) is 15.9. The number of rotatable bonds is 3. The van der Waals surface area contributed by atoms with Crippen molar-refractivity contribution < 1.29 is 4.79 Å². The molecule has 3 heteroatoms. The van der Waals surface area contributed by atoms with Gasteiger partial charge in [0.15, 0.2) is 0 Å². The minimum Gasteiger partial charge on any atom is -0.345 e. The molecular formula is C12H16N2O. The first-order valence-corrected chi connectivity index (χ1v) is 5.38. The highest BCUT2D eigenvalue weighted by molar-refractivity contribution is 5.79. The van der Waals surface area contributed by atoms with Crippen molar-refractivity contribution in [2.24, 2.45) is 5.92 Å². The predicted molar refractivity (Wildman–Crippen MR) is 58.1 cm³/mol. The van der Waals surface area contributed by atoms with Gasteiger partial charge in [0.2, 0.25) is 5.91 Å².